The molecule has 0 spiro atoms. The van der Waals surface area contributed by atoms with Crippen LogP contribution in [0.3, 0.4) is 0 Å². The number of nitro benzene ring substituents is 1. The number of hydrogen-bond acceptors (Lipinski definition) is 4. The number of benzene rings is 1. The van der Waals surface area contributed by atoms with Gasteiger partial charge in [-0.2, -0.15) is 0 Å². The summed E-state index contributed by atoms with van der Waals surface area (Å²) in [6.07, 6.45) is 0. The molecule has 1 rings (SSSR count). The summed E-state index contributed by atoms with van der Waals surface area (Å²) < 4.78 is 13.6. The Balaban J connectivity index is 2.90. The van der Waals surface area contributed by atoms with Crippen LogP contribution < -0.4 is 4.90 Å². The molecule has 0 atom stereocenters. The smallest absolute Gasteiger partial charge is 0.272 e. The summed E-state index contributed by atoms with van der Waals surface area (Å²) in [6, 6.07) is 3.33. The van der Waals surface area contributed by atoms with Gasteiger partial charge in [0.25, 0.3) is 5.69 Å². The first kappa shape index (κ1) is 13.9. The molecule has 0 heterocycles. The van der Waals surface area contributed by atoms with Gasteiger partial charge >= 0.3 is 0 Å². The van der Waals surface area contributed by atoms with Crippen molar-refractivity contribution in [3.05, 3.63) is 34.1 Å². The van der Waals surface area contributed by atoms with Crippen molar-refractivity contribution >= 4 is 17.3 Å². The minimum atomic E-state index is -0.724. The molecule has 18 heavy (non-hydrogen) atoms. The lowest BCUT2D eigenvalue weighted by atomic mass is 10.2. The van der Waals surface area contributed by atoms with Crippen LogP contribution in [0.1, 0.15) is 0 Å². The van der Waals surface area contributed by atoms with E-state index in [0.29, 0.717) is 0 Å². The molecular formula is C11H14FN3O3. The molecule has 1 aromatic carbocycles. The lowest BCUT2D eigenvalue weighted by Gasteiger charge is -2.21. The molecule has 1 amide bonds. The Morgan fingerprint density at radius 3 is 2.44 bits per heavy atom. The minimum absolute atomic E-state index is 0.00172. The molecule has 0 aromatic heterocycles. The van der Waals surface area contributed by atoms with Gasteiger partial charge in [-0.1, -0.05) is 0 Å². The largest absolute Gasteiger partial charge is 0.363 e. The highest BCUT2D eigenvalue weighted by atomic mass is 19.1. The predicted molar refractivity (Wildman–Crippen MR) is 65.0 cm³/mol. The highest BCUT2D eigenvalue weighted by molar-refractivity contribution is 5.81. The monoisotopic (exact) mass is 255 g/mol. The maximum absolute atomic E-state index is 13.6. The maximum atomic E-state index is 13.6. The Kier molecular flexibility index (Phi) is 4.19. The van der Waals surface area contributed by atoms with Gasteiger partial charge in [-0.3, -0.25) is 14.9 Å². The van der Waals surface area contributed by atoms with Gasteiger partial charge in [-0.25, -0.2) is 4.39 Å². The zero-order valence-electron chi connectivity index (χ0n) is 10.4. The van der Waals surface area contributed by atoms with E-state index in [9.17, 15) is 19.3 Å². The number of halogens is 1. The van der Waals surface area contributed by atoms with Crippen molar-refractivity contribution in [1.82, 2.24) is 4.90 Å². The highest BCUT2D eigenvalue weighted by Crippen LogP contribution is 2.23. The van der Waals surface area contributed by atoms with Gasteiger partial charge < -0.3 is 9.80 Å². The molecule has 0 N–H and O–H groups in total. The Morgan fingerprint density at radius 2 is 2.00 bits per heavy atom. The van der Waals surface area contributed by atoms with Crippen LogP contribution in [0.25, 0.3) is 0 Å². The summed E-state index contributed by atoms with van der Waals surface area (Å²) >= 11 is 0. The van der Waals surface area contributed by atoms with E-state index in [4.69, 9.17) is 0 Å². The van der Waals surface area contributed by atoms with Crippen molar-refractivity contribution in [3.63, 3.8) is 0 Å². The SMILES string of the molecule is CN(C)C(=O)CN(C)c1ccc([N+](=O)[O-])cc1F. The maximum Gasteiger partial charge on any atom is 0.272 e. The third-order valence-corrected chi connectivity index (χ3v) is 2.42. The predicted octanol–water partition coefficient (Wildman–Crippen LogP) is 1.26. The Labute approximate surface area is 104 Å². The molecule has 0 fully saturated rings. The molecule has 0 saturated carbocycles. The van der Waals surface area contributed by atoms with Crippen molar-refractivity contribution < 1.29 is 14.1 Å². The second kappa shape index (κ2) is 5.44. The lowest BCUT2D eigenvalue weighted by molar-refractivity contribution is -0.385. The first-order valence-electron chi connectivity index (χ1n) is 5.18. The zero-order chi connectivity index (χ0) is 13.9. The minimum Gasteiger partial charge on any atom is -0.363 e. The van der Waals surface area contributed by atoms with Crippen LogP contribution in [0.5, 0.6) is 0 Å². The summed E-state index contributed by atoms with van der Waals surface area (Å²) in [6.45, 7) is 0.00172. The highest BCUT2D eigenvalue weighted by Gasteiger charge is 2.15. The number of non-ortho nitro benzene ring substituents is 1. The van der Waals surface area contributed by atoms with Crippen LogP contribution in [-0.2, 0) is 4.79 Å². The van der Waals surface area contributed by atoms with Gasteiger partial charge in [0.15, 0.2) is 5.82 Å². The fraction of sp³-hybridized carbons (Fsp3) is 0.364. The first-order valence-corrected chi connectivity index (χ1v) is 5.18. The molecule has 0 aliphatic heterocycles. The second-order valence-electron chi connectivity index (χ2n) is 4.04. The molecular weight excluding hydrogens is 241 g/mol. The number of nitrogens with zero attached hydrogens (tertiary/aromatic N) is 3. The molecule has 0 aliphatic rings. The lowest BCUT2D eigenvalue weighted by Crippen LogP contribution is -2.34. The van der Waals surface area contributed by atoms with Crippen molar-refractivity contribution in [1.29, 1.82) is 0 Å². The van der Waals surface area contributed by atoms with Crippen LogP contribution >= 0.6 is 0 Å². The summed E-state index contributed by atoms with van der Waals surface area (Å²) in [5.41, 5.74) is -0.167. The fourth-order valence-electron chi connectivity index (χ4n) is 1.35. The second-order valence-corrected chi connectivity index (χ2v) is 4.04. The summed E-state index contributed by atoms with van der Waals surface area (Å²) in [5.74, 6) is -0.909. The molecule has 0 radical (unpaired) electrons. The van der Waals surface area contributed by atoms with Crippen molar-refractivity contribution in [2.75, 3.05) is 32.6 Å². The molecule has 0 aliphatic carbocycles. The first-order chi connectivity index (χ1) is 8.32. The number of likely N-dealkylation sites (N-methyl/N-ethyl adjacent to an activating group) is 2. The molecule has 0 saturated heterocycles. The topological polar surface area (TPSA) is 66.7 Å². The zero-order valence-corrected chi connectivity index (χ0v) is 10.4. The van der Waals surface area contributed by atoms with Gasteiger partial charge in [0.1, 0.15) is 0 Å². The average Bonchev–Trinajstić information content (AvgIpc) is 2.28. The van der Waals surface area contributed by atoms with E-state index >= 15 is 0 Å². The Hall–Kier alpha value is -2.18. The fourth-order valence-corrected chi connectivity index (χ4v) is 1.35. The van der Waals surface area contributed by atoms with Crippen molar-refractivity contribution in [2.45, 2.75) is 0 Å². The van der Waals surface area contributed by atoms with Crippen LogP contribution in [0, 0.1) is 15.9 Å². The third kappa shape index (κ3) is 3.16. The van der Waals surface area contributed by atoms with Crippen LogP contribution in [0.2, 0.25) is 0 Å². The van der Waals surface area contributed by atoms with E-state index in [1.54, 1.807) is 21.1 Å². The summed E-state index contributed by atoms with van der Waals surface area (Å²) in [4.78, 5) is 24.1. The molecule has 7 heteroatoms. The van der Waals surface area contributed by atoms with E-state index < -0.39 is 10.7 Å². The average molecular weight is 255 g/mol. The molecule has 98 valence electrons. The van der Waals surface area contributed by atoms with E-state index in [-0.39, 0.29) is 23.8 Å². The van der Waals surface area contributed by atoms with E-state index in [1.165, 1.54) is 21.9 Å². The van der Waals surface area contributed by atoms with Crippen LogP contribution in [-0.4, -0.2) is 43.4 Å². The molecule has 0 unspecified atom stereocenters. The van der Waals surface area contributed by atoms with E-state index in [0.717, 1.165) is 6.07 Å². The van der Waals surface area contributed by atoms with Gasteiger partial charge in [0.2, 0.25) is 5.91 Å². The van der Waals surface area contributed by atoms with E-state index in [2.05, 4.69) is 0 Å². The number of carbonyl (C=O) groups excluding carboxylic acids is 1. The van der Waals surface area contributed by atoms with Crippen LogP contribution in [0.4, 0.5) is 15.8 Å². The Bertz CT molecular complexity index is 477. The van der Waals surface area contributed by atoms with E-state index in [1.807, 2.05) is 0 Å². The molecule has 0 bridgehead atoms. The van der Waals surface area contributed by atoms with Gasteiger partial charge in [-0.05, 0) is 6.07 Å². The molecule has 6 nitrogen and oxygen atoms in total. The Morgan fingerprint density at radius 1 is 1.39 bits per heavy atom. The normalized spacial score (nSPS) is 10.0. The quantitative estimate of drug-likeness (QED) is 0.600. The molecule has 1 aromatic rings. The summed E-state index contributed by atoms with van der Waals surface area (Å²) in [7, 11) is 4.75. The number of nitro groups is 1. The number of carbonyl (C=O) groups is 1. The van der Waals surface area contributed by atoms with Gasteiger partial charge in [0.05, 0.1) is 23.2 Å². The van der Waals surface area contributed by atoms with Crippen molar-refractivity contribution in [2.24, 2.45) is 0 Å². The summed E-state index contributed by atoms with van der Waals surface area (Å²) in [5, 5.41) is 10.5. The van der Waals surface area contributed by atoms with Gasteiger partial charge in [0, 0.05) is 27.2 Å². The number of rotatable bonds is 4. The van der Waals surface area contributed by atoms with Crippen molar-refractivity contribution in [3.8, 4) is 0 Å². The number of anilines is 1. The standard InChI is InChI=1S/C11H14FN3O3/c1-13(2)11(16)7-14(3)10-5-4-8(15(17)18)6-9(10)12/h4-6H,7H2,1-3H3. The van der Waals surface area contributed by atoms with Crippen LogP contribution in [0.15, 0.2) is 18.2 Å². The van der Waals surface area contributed by atoms with Gasteiger partial charge in [-0.15, -0.1) is 0 Å². The number of hydrogen-bond donors (Lipinski definition) is 0. The number of amides is 1. The third-order valence-electron chi connectivity index (χ3n) is 2.42.